The third-order valence-corrected chi connectivity index (χ3v) is 5.72. The molecule has 0 saturated carbocycles. The fourth-order valence-electron chi connectivity index (χ4n) is 3.07. The Hall–Kier alpha value is -2.46. The Kier molecular flexibility index (Phi) is 7.74. The van der Waals surface area contributed by atoms with E-state index >= 15 is 0 Å². The van der Waals surface area contributed by atoms with Crippen molar-refractivity contribution < 1.29 is 32.3 Å². The molecule has 0 radical (unpaired) electrons. The molecule has 1 unspecified atom stereocenters. The smallest absolute Gasteiger partial charge is 0.338 e. The van der Waals surface area contributed by atoms with Crippen LogP contribution in [-0.4, -0.2) is 63.1 Å². The Morgan fingerprint density at radius 2 is 1.62 bits per heavy atom. The van der Waals surface area contributed by atoms with Crippen LogP contribution in [0.4, 0.5) is 5.69 Å². The number of benzene rings is 1. The molecule has 29 heavy (non-hydrogen) atoms. The Morgan fingerprint density at radius 3 is 2.10 bits per heavy atom. The summed E-state index contributed by atoms with van der Waals surface area (Å²) in [5.41, 5.74) is 0.448. The lowest BCUT2D eigenvalue weighted by Crippen LogP contribution is -2.43. The Bertz CT molecular complexity index is 846. The Balaban J connectivity index is 2.24. The van der Waals surface area contributed by atoms with E-state index in [0.717, 1.165) is 6.26 Å². The fourth-order valence-corrected chi connectivity index (χ4v) is 3.98. The van der Waals surface area contributed by atoms with Gasteiger partial charge in [0.25, 0.3) is 0 Å². The van der Waals surface area contributed by atoms with Gasteiger partial charge in [0.1, 0.15) is 0 Å². The summed E-state index contributed by atoms with van der Waals surface area (Å²) in [4.78, 5) is 36.9. The van der Waals surface area contributed by atoms with Crippen molar-refractivity contribution in [3.8, 4) is 0 Å². The lowest BCUT2D eigenvalue weighted by atomic mass is 9.98. The number of amides is 1. The fraction of sp³-hybridized carbons (Fsp3) is 0.526. The quantitative estimate of drug-likeness (QED) is 0.659. The van der Waals surface area contributed by atoms with Gasteiger partial charge in [-0.2, -0.15) is 0 Å². The molecule has 1 aliphatic heterocycles. The number of nitrogens with zero attached hydrogens (tertiary/aromatic N) is 1. The third-order valence-electron chi connectivity index (χ3n) is 4.45. The van der Waals surface area contributed by atoms with E-state index in [2.05, 4.69) is 5.32 Å². The van der Waals surface area contributed by atoms with Gasteiger partial charge in [-0.3, -0.25) is 4.79 Å². The van der Waals surface area contributed by atoms with E-state index in [9.17, 15) is 22.8 Å². The van der Waals surface area contributed by atoms with Crippen molar-refractivity contribution in [3.63, 3.8) is 0 Å². The summed E-state index contributed by atoms with van der Waals surface area (Å²) in [5.74, 6) is -2.17. The molecule has 1 aromatic rings. The highest BCUT2D eigenvalue weighted by molar-refractivity contribution is 7.88. The molecule has 1 amide bonds. The number of piperidine rings is 1. The Labute approximate surface area is 170 Å². The van der Waals surface area contributed by atoms with Gasteiger partial charge in [0.2, 0.25) is 15.9 Å². The van der Waals surface area contributed by atoms with E-state index in [1.54, 1.807) is 13.8 Å². The maximum absolute atomic E-state index is 12.7. The van der Waals surface area contributed by atoms with Crippen LogP contribution in [0.5, 0.6) is 0 Å². The van der Waals surface area contributed by atoms with E-state index in [-0.39, 0.29) is 42.5 Å². The standard InChI is InChI=1S/C19H26N2O7S/c1-4-27-18(23)14-9-15(19(24)28-5-2)11-16(10-14)20-17(22)13-7-6-8-21(12-13)29(3,25)26/h9-11,13H,4-8,12H2,1-3H3,(H,20,22). The van der Waals surface area contributed by atoms with Crippen molar-refractivity contribution >= 4 is 33.6 Å². The van der Waals surface area contributed by atoms with Crippen LogP contribution in [0.15, 0.2) is 18.2 Å². The molecule has 1 aromatic carbocycles. The molecule has 160 valence electrons. The molecular formula is C19H26N2O7S. The zero-order valence-electron chi connectivity index (χ0n) is 16.8. The molecule has 0 spiro atoms. The number of rotatable bonds is 7. The highest BCUT2D eigenvalue weighted by Crippen LogP contribution is 2.22. The minimum absolute atomic E-state index is 0.0902. The number of hydrogen-bond acceptors (Lipinski definition) is 7. The second-order valence-corrected chi connectivity index (χ2v) is 8.67. The summed E-state index contributed by atoms with van der Waals surface area (Å²) in [6, 6.07) is 4.17. The summed E-state index contributed by atoms with van der Waals surface area (Å²) in [5, 5.41) is 2.68. The summed E-state index contributed by atoms with van der Waals surface area (Å²) in [7, 11) is -3.38. The lowest BCUT2D eigenvalue weighted by molar-refractivity contribution is -0.120. The van der Waals surface area contributed by atoms with Gasteiger partial charge < -0.3 is 14.8 Å². The highest BCUT2D eigenvalue weighted by atomic mass is 32.2. The van der Waals surface area contributed by atoms with Crippen LogP contribution < -0.4 is 5.32 Å². The van der Waals surface area contributed by atoms with Gasteiger partial charge in [-0.1, -0.05) is 0 Å². The van der Waals surface area contributed by atoms with Crippen molar-refractivity contribution in [2.24, 2.45) is 5.92 Å². The first-order chi connectivity index (χ1) is 13.7. The molecule has 0 aliphatic carbocycles. The predicted molar refractivity (Wildman–Crippen MR) is 106 cm³/mol. The molecule has 2 rings (SSSR count). The number of ether oxygens (including phenoxy) is 2. The molecule has 10 heteroatoms. The monoisotopic (exact) mass is 426 g/mol. The average Bonchev–Trinajstić information content (AvgIpc) is 2.67. The third kappa shape index (κ3) is 6.26. The van der Waals surface area contributed by atoms with Crippen LogP contribution in [0.2, 0.25) is 0 Å². The minimum atomic E-state index is -3.38. The van der Waals surface area contributed by atoms with E-state index in [1.165, 1.54) is 22.5 Å². The van der Waals surface area contributed by atoms with Gasteiger partial charge in [0.15, 0.2) is 0 Å². The first kappa shape index (κ1) is 22.8. The summed E-state index contributed by atoms with van der Waals surface area (Å²) < 4.78 is 34.8. The van der Waals surface area contributed by atoms with Gasteiger partial charge in [-0.15, -0.1) is 0 Å². The van der Waals surface area contributed by atoms with E-state index in [1.807, 2.05) is 0 Å². The molecular weight excluding hydrogens is 400 g/mol. The Morgan fingerprint density at radius 1 is 1.07 bits per heavy atom. The van der Waals surface area contributed by atoms with Crippen molar-refractivity contribution in [1.29, 1.82) is 0 Å². The number of esters is 2. The number of hydrogen-bond donors (Lipinski definition) is 1. The van der Waals surface area contributed by atoms with Crippen LogP contribution in [0.1, 0.15) is 47.4 Å². The molecule has 1 heterocycles. The average molecular weight is 426 g/mol. The summed E-state index contributed by atoms with van der Waals surface area (Å²) in [6.45, 7) is 4.11. The topological polar surface area (TPSA) is 119 Å². The minimum Gasteiger partial charge on any atom is -0.462 e. The number of anilines is 1. The maximum atomic E-state index is 12.7. The maximum Gasteiger partial charge on any atom is 0.338 e. The van der Waals surface area contributed by atoms with Crippen molar-refractivity contribution in [2.75, 3.05) is 37.9 Å². The normalized spacial score (nSPS) is 17.4. The molecule has 1 fully saturated rings. The molecule has 9 nitrogen and oxygen atoms in total. The van der Waals surface area contributed by atoms with Crippen LogP contribution in [-0.2, 0) is 24.3 Å². The first-order valence-electron chi connectivity index (χ1n) is 9.41. The molecule has 1 N–H and O–H groups in total. The molecule has 0 aromatic heterocycles. The van der Waals surface area contributed by atoms with Gasteiger partial charge in [-0.25, -0.2) is 22.3 Å². The summed E-state index contributed by atoms with van der Waals surface area (Å²) >= 11 is 0. The largest absolute Gasteiger partial charge is 0.462 e. The SMILES string of the molecule is CCOC(=O)c1cc(NC(=O)C2CCCN(S(C)(=O)=O)C2)cc(C(=O)OCC)c1. The predicted octanol–water partition coefficient (Wildman–Crippen LogP) is 1.65. The second kappa shape index (κ2) is 9.84. The van der Waals surface area contributed by atoms with Crippen LogP contribution in [0.3, 0.4) is 0 Å². The number of nitrogens with one attached hydrogen (secondary N) is 1. The van der Waals surface area contributed by atoms with Crippen LogP contribution in [0, 0.1) is 5.92 Å². The van der Waals surface area contributed by atoms with Crippen molar-refractivity contribution in [3.05, 3.63) is 29.3 Å². The number of sulfonamides is 1. The van der Waals surface area contributed by atoms with Crippen molar-refractivity contribution in [2.45, 2.75) is 26.7 Å². The molecule has 1 aliphatic rings. The summed E-state index contributed by atoms with van der Waals surface area (Å²) in [6.07, 6.45) is 2.23. The zero-order chi connectivity index (χ0) is 21.6. The highest BCUT2D eigenvalue weighted by Gasteiger charge is 2.30. The van der Waals surface area contributed by atoms with E-state index < -0.39 is 27.9 Å². The van der Waals surface area contributed by atoms with Gasteiger partial charge in [-0.05, 0) is 44.9 Å². The first-order valence-corrected chi connectivity index (χ1v) is 11.3. The van der Waals surface area contributed by atoms with E-state index in [0.29, 0.717) is 19.4 Å². The molecule has 0 bridgehead atoms. The van der Waals surface area contributed by atoms with Crippen LogP contribution in [0.25, 0.3) is 0 Å². The van der Waals surface area contributed by atoms with E-state index in [4.69, 9.17) is 9.47 Å². The molecule has 1 atom stereocenters. The van der Waals surface area contributed by atoms with Crippen molar-refractivity contribution in [1.82, 2.24) is 4.31 Å². The van der Waals surface area contributed by atoms with Gasteiger partial charge in [0.05, 0.1) is 36.5 Å². The lowest BCUT2D eigenvalue weighted by Gasteiger charge is -2.30. The van der Waals surface area contributed by atoms with Gasteiger partial charge in [0, 0.05) is 18.8 Å². The zero-order valence-corrected chi connectivity index (χ0v) is 17.6. The number of carbonyl (C=O) groups excluding carboxylic acids is 3. The second-order valence-electron chi connectivity index (χ2n) is 6.69. The number of carbonyl (C=O) groups is 3. The molecule has 1 saturated heterocycles. The van der Waals surface area contributed by atoms with Crippen LogP contribution >= 0.6 is 0 Å². The van der Waals surface area contributed by atoms with Gasteiger partial charge >= 0.3 is 11.9 Å².